The van der Waals surface area contributed by atoms with Gasteiger partial charge in [-0.1, -0.05) is 17.7 Å². The first kappa shape index (κ1) is 19.7. The average molecular weight is 410 g/mol. The molecule has 4 rings (SSSR count). The molecular formula is C22H27N5OS. The Morgan fingerprint density at radius 3 is 2.38 bits per heavy atom. The Hall–Kier alpha value is -2.64. The predicted molar refractivity (Wildman–Crippen MR) is 119 cm³/mol. The Balaban J connectivity index is 1.41. The molecule has 2 aromatic carbocycles. The van der Waals surface area contributed by atoms with Crippen LogP contribution in [0, 0.1) is 18.6 Å². The molecule has 0 unspecified atom stereocenters. The van der Waals surface area contributed by atoms with Crippen LogP contribution in [0.25, 0.3) is 5.69 Å². The molecule has 0 atom stereocenters. The van der Waals surface area contributed by atoms with Gasteiger partial charge in [0.15, 0.2) is 0 Å². The molecule has 0 spiro atoms. The minimum atomic E-state index is 0.715. The third-order valence-electron chi connectivity index (χ3n) is 5.49. The molecule has 0 bridgehead atoms. The topological polar surface area (TPSA) is 38.5 Å². The van der Waals surface area contributed by atoms with E-state index in [9.17, 15) is 0 Å². The molecule has 1 fully saturated rings. The van der Waals surface area contributed by atoms with Crippen molar-refractivity contribution in [2.75, 3.05) is 38.2 Å². The fourth-order valence-corrected chi connectivity index (χ4v) is 4.06. The smallest absolute Gasteiger partial charge is 0.203 e. The molecule has 0 aliphatic carbocycles. The van der Waals surface area contributed by atoms with Crippen molar-refractivity contribution in [1.82, 2.24) is 19.2 Å². The number of anilines is 1. The number of aromatic nitrogens is 3. The largest absolute Gasteiger partial charge is 0.497 e. The van der Waals surface area contributed by atoms with Gasteiger partial charge >= 0.3 is 0 Å². The SMILES string of the molecule is COc1ccc(N2CCN(Cn3ncn(-c4ccc(C)cc4C)c3=S)CC2)cc1. The molecule has 1 saturated heterocycles. The summed E-state index contributed by atoms with van der Waals surface area (Å²) in [6, 6.07) is 14.7. The molecule has 6 nitrogen and oxygen atoms in total. The zero-order valence-electron chi connectivity index (χ0n) is 17.2. The van der Waals surface area contributed by atoms with Gasteiger partial charge in [0.05, 0.1) is 19.5 Å². The second kappa shape index (κ2) is 8.39. The van der Waals surface area contributed by atoms with E-state index in [0.29, 0.717) is 6.67 Å². The van der Waals surface area contributed by atoms with E-state index in [4.69, 9.17) is 17.0 Å². The fourth-order valence-electron chi connectivity index (χ4n) is 3.81. The third-order valence-corrected chi connectivity index (χ3v) is 5.90. The van der Waals surface area contributed by atoms with Gasteiger partial charge in [0.1, 0.15) is 12.1 Å². The van der Waals surface area contributed by atoms with Crippen LogP contribution in [0.2, 0.25) is 0 Å². The molecule has 0 saturated carbocycles. The van der Waals surface area contributed by atoms with E-state index in [0.717, 1.165) is 42.4 Å². The van der Waals surface area contributed by atoms with E-state index in [1.54, 1.807) is 7.11 Å². The maximum atomic E-state index is 5.71. The molecule has 0 N–H and O–H groups in total. The normalized spacial score (nSPS) is 14.9. The van der Waals surface area contributed by atoms with Gasteiger partial charge < -0.3 is 9.64 Å². The summed E-state index contributed by atoms with van der Waals surface area (Å²) < 4.78 is 9.89. The van der Waals surface area contributed by atoms with Crippen molar-refractivity contribution < 1.29 is 4.74 Å². The van der Waals surface area contributed by atoms with Gasteiger partial charge in [-0.15, -0.1) is 0 Å². The molecular weight excluding hydrogens is 382 g/mol. The molecule has 3 aromatic rings. The second-order valence-electron chi connectivity index (χ2n) is 7.52. The summed E-state index contributed by atoms with van der Waals surface area (Å²) in [5, 5.41) is 4.55. The van der Waals surface area contributed by atoms with Crippen molar-refractivity contribution in [3.05, 3.63) is 64.7 Å². The maximum absolute atomic E-state index is 5.71. The second-order valence-corrected chi connectivity index (χ2v) is 7.88. The number of aryl methyl sites for hydroxylation is 2. The number of rotatable bonds is 5. The highest BCUT2D eigenvalue weighted by Gasteiger charge is 2.18. The van der Waals surface area contributed by atoms with Gasteiger partial charge in [-0.3, -0.25) is 9.47 Å². The highest BCUT2D eigenvalue weighted by atomic mass is 32.1. The van der Waals surface area contributed by atoms with Crippen LogP contribution in [-0.2, 0) is 6.67 Å². The minimum Gasteiger partial charge on any atom is -0.497 e. The standard InChI is InChI=1S/C22H27N5OS/c1-17-4-9-21(18(2)14-17)26-15-23-27(22(26)29)16-24-10-12-25(13-11-24)19-5-7-20(28-3)8-6-19/h4-9,14-15H,10-13,16H2,1-3H3. The van der Waals surface area contributed by atoms with Crippen molar-refractivity contribution in [1.29, 1.82) is 0 Å². The van der Waals surface area contributed by atoms with Gasteiger partial charge in [0, 0.05) is 31.9 Å². The monoisotopic (exact) mass is 409 g/mol. The molecule has 0 radical (unpaired) electrons. The Kier molecular flexibility index (Phi) is 5.69. The van der Waals surface area contributed by atoms with E-state index in [2.05, 4.69) is 59.1 Å². The Morgan fingerprint density at radius 2 is 1.72 bits per heavy atom. The first-order chi connectivity index (χ1) is 14.0. The number of ether oxygens (including phenoxy) is 1. The molecule has 7 heteroatoms. The van der Waals surface area contributed by atoms with Gasteiger partial charge in [-0.05, 0) is 62.0 Å². The van der Waals surface area contributed by atoms with Gasteiger partial charge in [0.25, 0.3) is 0 Å². The summed E-state index contributed by atoms with van der Waals surface area (Å²) in [5.41, 5.74) is 4.78. The van der Waals surface area contributed by atoms with Crippen molar-refractivity contribution in [3.8, 4) is 11.4 Å². The lowest BCUT2D eigenvalue weighted by atomic mass is 10.1. The summed E-state index contributed by atoms with van der Waals surface area (Å²) in [6.45, 7) is 8.85. The lowest BCUT2D eigenvalue weighted by molar-refractivity contribution is 0.194. The van der Waals surface area contributed by atoms with Gasteiger partial charge in [-0.2, -0.15) is 5.10 Å². The third kappa shape index (κ3) is 4.21. The van der Waals surface area contributed by atoms with E-state index >= 15 is 0 Å². The van der Waals surface area contributed by atoms with Crippen LogP contribution in [0.3, 0.4) is 0 Å². The summed E-state index contributed by atoms with van der Waals surface area (Å²) >= 11 is 5.71. The zero-order chi connectivity index (χ0) is 20.4. The summed E-state index contributed by atoms with van der Waals surface area (Å²) in [5.74, 6) is 0.890. The summed E-state index contributed by atoms with van der Waals surface area (Å²) in [6.07, 6.45) is 1.83. The van der Waals surface area contributed by atoms with E-state index in [1.165, 1.54) is 16.8 Å². The van der Waals surface area contributed by atoms with Crippen molar-refractivity contribution in [2.45, 2.75) is 20.5 Å². The summed E-state index contributed by atoms with van der Waals surface area (Å²) in [7, 11) is 1.69. The lowest BCUT2D eigenvalue weighted by Gasteiger charge is -2.35. The summed E-state index contributed by atoms with van der Waals surface area (Å²) in [4.78, 5) is 4.80. The van der Waals surface area contributed by atoms with Crippen LogP contribution in [0.5, 0.6) is 5.75 Å². The van der Waals surface area contributed by atoms with Crippen LogP contribution in [0.4, 0.5) is 5.69 Å². The Bertz CT molecular complexity index is 1030. The molecule has 152 valence electrons. The first-order valence-electron chi connectivity index (χ1n) is 9.88. The Morgan fingerprint density at radius 1 is 1.00 bits per heavy atom. The number of benzene rings is 2. The maximum Gasteiger partial charge on any atom is 0.203 e. The molecule has 1 aliphatic rings. The molecule has 1 aromatic heterocycles. The van der Waals surface area contributed by atoms with Crippen molar-refractivity contribution >= 4 is 17.9 Å². The zero-order valence-corrected chi connectivity index (χ0v) is 18.0. The van der Waals surface area contributed by atoms with E-state index in [-0.39, 0.29) is 0 Å². The van der Waals surface area contributed by atoms with Crippen LogP contribution >= 0.6 is 12.2 Å². The number of hydrogen-bond acceptors (Lipinski definition) is 5. The van der Waals surface area contributed by atoms with Gasteiger partial charge in [0.2, 0.25) is 4.77 Å². The van der Waals surface area contributed by atoms with Crippen molar-refractivity contribution in [2.24, 2.45) is 0 Å². The molecule has 29 heavy (non-hydrogen) atoms. The fraction of sp³-hybridized carbons (Fsp3) is 0.364. The predicted octanol–water partition coefficient (Wildman–Crippen LogP) is 3.81. The van der Waals surface area contributed by atoms with Crippen LogP contribution in [-0.4, -0.2) is 52.5 Å². The van der Waals surface area contributed by atoms with Crippen LogP contribution in [0.15, 0.2) is 48.8 Å². The first-order valence-corrected chi connectivity index (χ1v) is 10.3. The minimum absolute atomic E-state index is 0.715. The van der Waals surface area contributed by atoms with E-state index in [1.807, 2.05) is 27.7 Å². The van der Waals surface area contributed by atoms with Crippen LogP contribution < -0.4 is 9.64 Å². The number of nitrogens with zero attached hydrogens (tertiary/aromatic N) is 5. The number of hydrogen-bond donors (Lipinski definition) is 0. The molecule has 2 heterocycles. The lowest BCUT2D eigenvalue weighted by Crippen LogP contribution is -2.47. The molecule has 1 aliphatic heterocycles. The molecule has 0 amide bonds. The number of methoxy groups -OCH3 is 1. The number of piperazine rings is 1. The van der Waals surface area contributed by atoms with Crippen LogP contribution in [0.1, 0.15) is 11.1 Å². The highest BCUT2D eigenvalue weighted by molar-refractivity contribution is 7.71. The Labute approximate surface area is 176 Å². The quantitative estimate of drug-likeness (QED) is 0.599. The highest BCUT2D eigenvalue weighted by Crippen LogP contribution is 2.21. The van der Waals surface area contributed by atoms with Crippen molar-refractivity contribution in [3.63, 3.8) is 0 Å². The average Bonchev–Trinajstić information content (AvgIpc) is 3.09. The van der Waals surface area contributed by atoms with Gasteiger partial charge in [-0.25, -0.2) is 4.68 Å². The van der Waals surface area contributed by atoms with E-state index < -0.39 is 0 Å².